The van der Waals surface area contributed by atoms with Crippen LogP contribution in [0.15, 0.2) is 9.28 Å². The first-order valence-electron chi connectivity index (χ1n) is 3.49. The third-order valence-corrected chi connectivity index (χ3v) is 3.14. The number of hydrogen-bond acceptors (Lipinski definition) is 2. The smallest absolute Gasteiger partial charge is 0.223 e. The molecule has 0 aliphatic heterocycles. The van der Waals surface area contributed by atoms with Crippen LogP contribution >= 0.6 is 22.6 Å². The van der Waals surface area contributed by atoms with Crippen LogP contribution in [0.2, 0.25) is 0 Å². The molecule has 68 valence electrons. The van der Waals surface area contributed by atoms with E-state index in [1.165, 1.54) is 18.7 Å². The van der Waals surface area contributed by atoms with Crippen molar-refractivity contribution in [3.8, 4) is 0 Å². The van der Waals surface area contributed by atoms with Gasteiger partial charge < -0.3 is 4.90 Å². The van der Waals surface area contributed by atoms with Crippen LogP contribution in [0.5, 0.6) is 0 Å². The molecular formula is C8H12INO2. The number of carbonyl (C=O) groups excluding carboxylic acids is 2. The molecule has 0 saturated carbocycles. The lowest BCUT2D eigenvalue weighted by atomic mass is 10.3. The molecule has 0 aliphatic rings. The average molecular weight is 281 g/mol. The van der Waals surface area contributed by atoms with E-state index in [-0.39, 0.29) is 11.7 Å². The number of allylic oxidation sites excluding steroid dienone is 2. The van der Waals surface area contributed by atoms with Crippen molar-refractivity contribution in [2.24, 2.45) is 0 Å². The largest absolute Gasteiger partial charge is 0.319 e. The van der Waals surface area contributed by atoms with E-state index in [0.717, 1.165) is 0 Å². The summed E-state index contributed by atoms with van der Waals surface area (Å²) >= 11 is 1.94. The minimum Gasteiger partial charge on any atom is -0.319 e. The molecule has 1 amide bonds. The fourth-order valence-corrected chi connectivity index (χ4v) is 1.000. The van der Waals surface area contributed by atoms with Crippen LogP contribution in [0.1, 0.15) is 20.8 Å². The van der Waals surface area contributed by atoms with Crippen LogP contribution < -0.4 is 0 Å². The Kier molecular flexibility index (Phi) is 4.44. The summed E-state index contributed by atoms with van der Waals surface area (Å²) in [5.41, 5.74) is 0.704. The third-order valence-electron chi connectivity index (χ3n) is 1.60. The number of Topliss-reactive ketones (excluding diaryl/α,β-unsaturated/α-hetero) is 1. The first-order chi connectivity index (χ1) is 5.37. The normalized spacial score (nSPS) is 12.1. The van der Waals surface area contributed by atoms with Gasteiger partial charge in [0.05, 0.1) is 3.58 Å². The Balaban J connectivity index is 4.78. The Bertz CT molecular complexity index is 245. The van der Waals surface area contributed by atoms with Gasteiger partial charge in [0.1, 0.15) is 0 Å². The van der Waals surface area contributed by atoms with E-state index in [1.54, 1.807) is 14.0 Å². The van der Waals surface area contributed by atoms with Crippen molar-refractivity contribution in [3.05, 3.63) is 9.28 Å². The molecule has 12 heavy (non-hydrogen) atoms. The highest BCUT2D eigenvalue weighted by molar-refractivity contribution is 14.1. The van der Waals surface area contributed by atoms with Gasteiger partial charge in [0.25, 0.3) is 0 Å². The predicted octanol–water partition coefficient (Wildman–Crippen LogP) is 1.72. The van der Waals surface area contributed by atoms with Crippen LogP contribution in [0.4, 0.5) is 0 Å². The minimum absolute atomic E-state index is 0.0128. The maximum absolute atomic E-state index is 10.9. The second-order valence-electron chi connectivity index (χ2n) is 2.53. The van der Waals surface area contributed by atoms with Crippen LogP contribution in [-0.4, -0.2) is 23.6 Å². The van der Waals surface area contributed by atoms with E-state index in [2.05, 4.69) is 0 Å². The van der Waals surface area contributed by atoms with Gasteiger partial charge in [-0.2, -0.15) is 0 Å². The fourth-order valence-electron chi connectivity index (χ4n) is 0.638. The number of nitrogens with zero attached hydrogens (tertiary/aromatic N) is 1. The molecule has 3 nitrogen and oxygen atoms in total. The summed E-state index contributed by atoms with van der Waals surface area (Å²) in [4.78, 5) is 23.3. The van der Waals surface area contributed by atoms with Crippen molar-refractivity contribution in [1.29, 1.82) is 0 Å². The van der Waals surface area contributed by atoms with Gasteiger partial charge in [-0.3, -0.25) is 9.59 Å². The molecule has 0 saturated heterocycles. The van der Waals surface area contributed by atoms with E-state index in [4.69, 9.17) is 0 Å². The molecule has 0 N–H and O–H groups in total. The van der Waals surface area contributed by atoms with Gasteiger partial charge in [0.15, 0.2) is 5.78 Å². The fraction of sp³-hybridized carbons (Fsp3) is 0.500. The SMILES string of the molecule is CC(=O)/C(I)=C(/C)N(C)C(C)=O. The molecule has 0 fully saturated rings. The molecule has 0 aromatic carbocycles. The number of hydrogen-bond donors (Lipinski definition) is 0. The van der Waals surface area contributed by atoms with E-state index in [0.29, 0.717) is 9.28 Å². The first-order valence-corrected chi connectivity index (χ1v) is 4.57. The monoisotopic (exact) mass is 281 g/mol. The lowest BCUT2D eigenvalue weighted by Gasteiger charge is -2.16. The van der Waals surface area contributed by atoms with Gasteiger partial charge in [-0.1, -0.05) is 0 Å². The summed E-state index contributed by atoms with van der Waals surface area (Å²) in [6.45, 7) is 4.71. The van der Waals surface area contributed by atoms with Gasteiger partial charge in [-0.15, -0.1) is 0 Å². The number of halogens is 1. The molecule has 0 heterocycles. The van der Waals surface area contributed by atoms with Crippen molar-refractivity contribution < 1.29 is 9.59 Å². The highest BCUT2D eigenvalue weighted by Crippen LogP contribution is 2.15. The van der Waals surface area contributed by atoms with Crippen LogP contribution in [0, 0.1) is 0 Å². The molecule has 0 aromatic heterocycles. The maximum Gasteiger partial charge on any atom is 0.223 e. The molecule has 0 bridgehead atoms. The van der Waals surface area contributed by atoms with Crippen molar-refractivity contribution >= 4 is 34.3 Å². The summed E-state index contributed by atoms with van der Waals surface area (Å²) in [6.07, 6.45) is 0. The van der Waals surface area contributed by atoms with Crippen LogP contribution in [-0.2, 0) is 9.59 Å². The summed E-state index contributed by atoms with van der Waals surface area (Å²) in [5.74, 6) is -0.0795. The van der Waals surface area contributed by atoms with Crippen LogP contribution in [0.3, 0.4) is 0 Å². The van der Waals surface area contributed by atoms with Gasteiger partial charge in [-0.25, -0.2) is 0 Å². The Hall–Kier alpha value is -0.390. The number of carbonyl (C=O) groups is 2. The van der Waals surface area contributed by atoms with E-state index < -0.39 is 0 Å². The molecule has 0 radical (unpaired) electrons. The summed E-state index contributed by atoms with van der Waals surface area (Å²) in [7, 11) is 1.65. The maximum atomic E-state index is 10.9. The van der Waals surface area contributed by atoms with Gasteiger partial charge in [0, 0.05) is 19.7 Å². The highest BCUT2D eigenvalue weighted by Gasteiger charge is 2.10. The zero-order valence-corrected chi connectivity index (χ0v) is 9.80. The highest BCUT2D eigenvalue weighted by atomic mass is 127. The lowest BCUT2D eigenvalue weighted by Crippen LogP contribution is -2.23. The third kappa shape index (κ3) is 2.92. The molecule has 0 aliphatic carbocycles. The van der Waals surface area contributed by atoms with Crippen molar-refractivity contribution in [1.82, 2.24) is 4.90 Å². The molecule has 0 atom stereocenters. The number of ketones is 1. The molecule has 4 heteroatoms. The quantitative estimate of drug-likeness (QED) is 0.571. The standard InChI is InChI=1S/C8H12INO2/c1-5(8(9)6(2)11)10(4)7(3)12/h1-4H3/b8-5+. The number of rotatable bonds is 2. The molecular weight excluding hydrogens is 269 g/mol. The van der Waals surface area contributed by atoms with Gasteiger partial charge in [0.2, 0.25) is 5.91 Å². The molecule has 0 spiro atoms. The summed E-state index contributed by atoms with van der Waals surface area (Å²) in [5, 5.41) is 0. The molecule has 0 rings (SSSR count). The zero-order chi connectivity index (χ0) is 9.89. The second kappa shape index (κ2) is 4.59. The Morgan fingerprint density at radius 2 is 1.58 bits per heavy atom. The van der Waals surface area contributed by atoms with Gasteiger partial charge >= 0.3 is 0 Å². The van der Waals surface area contributed by atoms with E-state index in [9.17, 15) is 9.59 Å². The first kappa shape index (κ1) is 11.6. The summed E-state index contributed by atoms with van der Waals surface area (Å²) < 4.78 is 0.602. The Labute approximate surface area is 85.9 Å². The van der Waals surface area contributed by atoms with E-state index in [1.807, 2.05) is 22.6 Å². The Morgan fingerprint density at radius 3 is 1.83 bits per heavy atom. The lowest BCUT2D eigenvalue weighted by molar-refractivity contribution is -0.125. The minimum atomic E-state index is -0.0667. The number of amides is 1. The second-order valence-corrected chi connectivity index (χ2v) is 3.61. The average Bonchev–Trinajstić information content (AvgIpc) is 2.00. The zero-order valence-electron chi connectivity index (χ0n) is 7.64. The Morgan fingerprint density at radius 1 is 1.17 bits per heavy atom. The summed E-state index contributed by atoms with van der Waals surface area (Å²) in [6, 6.07) is 0. The van der Waals surface area contributed by atoms with Crippen molar-refractivity contribution in [3.63, 3.8) is 0 Å². The van der Waals surface area contributed by atoms with Crippen molar-refractivity contribution in [2.75, 3.05) is 7.05 Å². The van der Waals surface area contributed by atoms with E-state index >= 15 is 0 Å². The predicted molar refractivity (Wildman–Crippen MR) is 55.8 cm³/mol. The van der Waals surface area contributed by atoms with Crippen LogP contribution in [0.25, 0.3) is 0 Å². The molecule has 0 unspecified atom stereocenters. The topological polar surface area (TPSA) is 37.4 Å². The molecule has 0 aromatic rings. The van der Waals surface area contributed by atoms with Gasteiger partial charge in [-0.05, 0) is 36.4 Å². The van der Waals surface area contributed by atoms with Crippen molar-refractivity contribution in [2.45, 2.75) is 20.8 Å².